The fourth-order valence-electron chi connectivity index (χ4n) is 2.66. The lowest BCUT2D eigenvalue weighted by Gasteiger charge is -2.56. The normalized spacial score (nSPS) is 48.5. The van der Waals surface area contributed by atoms with Gasteiger partial charge in [0.1, 0.15) is 0 Å². The molecule has 2 bridgehead atoms. The molecule has 3 aliphatic rings. The maximum atomic E-state index is 2.42. The molecule has 0 spiro atoms. The van der Waals surface area contributed by atoms with Crippen molar-refractivity contribution in [2.45, 2.75) is 27.2 Å². The van der Waals surface area contributed by atoms with Crippen LogP contribution in [0.2, 0.25) is 0 Å². The minimum Gasteiger partial charge on any atom is -0.0851 e. The number of allylic oxidation sites excluding steroid dienone is 2. The molecule has 3 rings (SSSR count). The van der Waals surface area contributed by atoms with Crippen molar-refractivity contribution < 1.29 is 0 Å². The summed E-state index contributed by atoms with van der Waals surface area (Å²) in [5.41, 5.74) is 0.619. The predicted octanol–water partition coefficient (Wildman–Crippen LogP) is 2.85. The van der Waals surface area contributed by atoms with Crippen LogP contribution in [0.3, 0.4) is 0 Å². The fraction of sp³-hybridized carbons (Fsp3) is 0.800. The summed E-state index contributed by atoms with van der Waals surface area (Å²) in [6.45, 7) is 7.16. The third kappa shape index (κ3) is 0.574. The number of hydrogen-bond donors (Lipinski definition) is 0. The Morgan fingerprint density at radius 3 is 2.30 bits per heavy atom. The molecule has 0 aromatic heterocycles. The summed E-state index contributed by atoms with van der Waals surface area (Å²) < 4.78 is 0. The Kier molecular flexibility index (Phi) is 1.07. The molecule has 1 saturated carbocycles. The van der Waals surface area contributed by atoms with Crippen LogP contribution in [-0.2, 0) is 0 Å². The summed E-state index contributed by atoms with van der Waals surface area (Å²) in [6, 6.07) is 0. The Balaban J connectivity index is 2.28. The fourth-order valence-corrected chi connectivity index (χ4v) is 2.66. The van der Waals surface area contributed by atoms with Crippen molar-refractivity contribution in [3.8, 4) is 0 Å². The average molecular weight is 136 g/mol. The molecule has 0 saturated heterocycles. The van der Waals surface area contributed by atoms with Crippen LogP contribution >= 0.6 is 0 Å². The number of hydrogen-bond acceptors (Lipinski definition) is 0. The van der Waals surface area contributed by atoms with E-state index in [2.05, 4.69) is 32.9 Å². The molecule has 0 nitrogen and oxygen atoms in total. The molecule has 3 aliphatic carbocycles. The smallest absolute Gasteiger partial charge is 0.0176 e. The SMILES string of the molecule is CC1C=C[C@H]2C[C@@H]1C2(C)C. The summed E-state index contributed by atoms with van der Waals surface area (Å²) in [5.74, 6) is 2.70. The summed E-state index contributed by atoms with van der Waals surface area (Å²) in [7, 11) is 0. The zero-order valence-electron chi connectivity index (χ0n) is 7.09. The molecule has 0 heteroatoms. The van der Waals surface area contributed by atoms with Crippen LogP contribution < -0.4 is 0 Å². The van der Waals surface area contributed by atoms with E-state index >= 15 is 0 Å². The molecule has 1 unspecified atom stereocenters. The van der Waals surface area contributed by atoms with Gasteiger partial charge in [-0.05, 0) is 29.6 Å². The van der Waals surface area contributed by atoms with Crippen LogP contribution in [0.25, 0.3) is 0 Å². The van der Waals surface area contributed by atoms with Crippen LogP contribution in [0.1, 0.15) is 27.2 Å². The van der Waals surface area contributed by atoms with Crippen molar-refractivity contribution in [3.05, 3.63) is 12.2 Å². The maximum absolute atomic E-state index is 2.42. The van der Waals surface area contributed by atoms with Gasteiger partial charge in [-0.15, -0.1) is 0 Å². The monoisotopic (exact) mass is 136 g/mol. The van der Waals surface area contributed by atoms with Gasteiger partial charge in [0.25, 0.3) is 0 Å². The first-order chi connectivity index (χ1) is 4.62. The standard InChI is InChI=1S/C10H16/c1-7-4-5-8-6-9(7)10(8,2)3/h4-5,7-9H,6H2,1-3H3/t7?,8-,9-/m0/s1. The third-order valence-corrected chi connectivity index (χ3v) is 3.70. The van der Waals surface area contributed by atoms with Gasteiger partial charge in [-0.1, -0.05) is 32.9 Å². The number of rotatable bonds is 0. The third-order valence-electron chi connectivity index (χ3n) is 3.70. The lowest BCUT2D eigenvalue weighted by molar-refractivity contribution is -0.0258. The van der Waals surface area contributed by atoms with Crippen LogP contribution in [0.5, 0.6) is 0 Å². The van der Waals surface area contributed by atoms with Gasteiger partial charge in [0.05, 0.1) is 0 Å². The van der Waals surface area contributed by atoms with E-state index in [1.165, 1.54) is 6.42 Å². The highest BCUT2D eigenvalue weighted by atomic mass is 14.5. The van der Waals surface area contributed by atoms with Gasteiger partial charge in [0.15, 0.2) is 0 Å². The first-order valence-corrected chi connectivity index (χ1v) is 4.30. The van der Waals surface area contributed by atoms with E-state index in [-0.39, 0.29) is 0 Å². The minimum absolute atomic E-state index is 0.619. The summed E-state index contributed by atoms with van der Waals surface area (Å²) in [4.78, 5) is 0. The highest BCUT2D eigenvalue weighted by Gasteiger charge is 2.50. The van der Waals surface area contributed by atoms with E-state index < -0.39 is 0 Å². The van der Waals surface area contributed by atoms with E-state index in [4.69, 9.17) is 0 Å². The Hall–Kier alpha value is -0.260. The van der Waals surface area contributed by atoms with Gasteiger partial charge in [-0.3, -0.25) is 0 Å². The summed E-state index contributed by atoms with van der Waals surface area (Å²) in [5, 5.41) is 0. The topological polar surface area (TPSA) is 0 Å². The van der Waals surface area contributed by atoms with Gasteiger partial charge in [-0.2, -0.15) is 0 Å². The van der Waals surface area contributed by atoms with Crippen LogP contribution in [-0.4, -0.2) is 0 Å². The van der Waals surface area contributed by atoms with E-state index in [9.17, 15) is 0 Å². The highest BCUT2D eigenvalue weighted by Crippen LogP contribution is 2.58. The lowest BCUT2D eigenvalue weighted by Crippen LogP contribution is -2.49. The van der Waals surface area contributed by atoms with Crippen molar-refractivity contribution in [2.75, 3.05) is 0 Å². The quantitative estimate of drug-likeness (QED) is 0.449. The van der Waals surface area contributed by atoms with Crippen molar-refractivity contribution in [2.24, 2.45) is 23.2 Å². The van der Waals surface area contributed by atoms with E-state index in [0.29, 0.717) is 5.41 Å². The first kappa shape index (κ1) is 6.45. The lowest BCUT2D eigenvalue weighted by atomic mass is 9.48. The molecule has 0 aliphatic heterocycles. The molecular weight excluding hydrogens is 120 g/mol. The van der Waals surface area contributed by atoms with Gasteiger partial charge < -0.3 is 0 Å². The second kappa shape index (κ2) is 1.66. The average Bonchev–Trinajstić information content (AvgIpc) is 1.87. The van der Waals surface area contributed by atoms with Crippen molar-refractivity contribution in [1.29, 1.82) is 0 Å². The molecule has 0 heterocycles. The Labute approximate surface area is 63.3 Å². The van der Waals surface area contributed by atoms with Crippen LogP contribution in [0.15, 0.2) is 12.2 Å². The molecule has 56 valence electrons. The molecule has 0 radical (unpaired) electrons. The zero-order valence-corrected chi connectivity index (χ0v) is 7.09. The molecule has 0 amide bonds. The Bertz CT molecular complexity index is 176. The van der Waals surface area contributed by atoms with Gasteiger partial charge in [-0.25, -0.2) is 0 Å². The number of fused-ring (bicyclic) bond motifs is 1. The second-order valence-electron chi connectivity index (χ2n) is 4.51. The first-order valence-electron chi connectivity index (χ1n) is 4.30. The van der Waals surface area contributed by atoms with Crippen molar-refractivity contribution >= 4 is 0 Å². The zero-order chi connectivity index (χ0) is 7.35. The van der Waals surface area contributed by atoms with Gasteiger partial charge in [0.2, 0.25) is 0 Å². The van der Waals surface area contributed by atoms with E-state index in [0.717, 1.165) is 17.8 Å². The van der Waals surface area contributed by atoms with E-state index in [1.807, 2.05) is 0 Å². The largest absolute Gasteiger partial charge is 0.0851 e. The Morgan fingerprint density at radius 2 is 2.00 bits per heavy atom. The second-order valence-corrected chi connectivity index (χ2v) is 4.51. The predicted molar refractivity (Wildman–Crippen MR) is 43.7 cm³/mol. The van der Waals surface area contributed by atoms with Crippen LogP contribution in [0, 0.1) is 23.2 Å². The minimum atomic E-state index is 0.619. The summed E-state index contributed by atoms with van der Waals surface area (Å²) in [6.07, 6.45) is 6.26. The molecule has 0 aromatic carbocycles. The van der Waals surface area contributed by atoms with Crippen LogP contribution in [0.4, 0.5) is 0 Å². The molecule has 0 aromatic rings. The highest BCUT2D eigenvalue weighted by molar-refractivity contribution is 5.15. The molecule has 3 atom stereocenters. The molecule has 1 fully saturated rings. The molecular formula is C10H16. The van der Waals surface area contributed by atoms with Crippen molar-refractivity contribution in [1.82, 2.24) is 0 Å². The Morgan fingerprint density at radius 1 is 1.30 bits per heavy atom. The van der Waals surface area contributed by atoms with Crippen molar-refractivity contribution in [3.63, 3.8) is 0 Å². The summed E-state index contributed by atoms with van der Waals surface area (Å²) >= 11 is 0. The van der Waals surface area contributed by atoms with Gasteiger partial charge in [0, 0.05) is 0 Å². The molecule has 0 N–H and O–H groups in total. The maximum Gasteiger partial charge on any atom is -0.0176 e. The molecule has 10 heavy (non-hydrogen) atoms. The van der Waals surface area contributed by atoms with Gasteiger partial charge >= 0.3 is 0 Å². The van der Waals surface area contributed by atoms with E-state index in [1.54, 1.807) is 0 Å².